The molecule has 0 radical (unpaired) electrons. The van der Waals surface area contributed by atoms with Crippen molar-refractivity contribution in [3.05, 3.63) is 29.6 Å². The highest BCUT2D eigenvalue weighted by atomic mass is 32.2. The molecule has 5 nitrogen and oxygen atoms in total. The number of amides is 1. The molecule has 1 saturated heterocycles. The van der Waals surface area contributed by atoms with Crippen molar-refractivity contribution < 1.29 is 17.6 Å². The van der Waals surface area contributed by atoms with Crippen LogP contribution >= 0.6 is 0 Å². The van der Waals surface area contributed by atoms with Gasteiger partial charge in [-0.3, -0.25) is 4.79 Å². The zero-order chi connectivity index (χ0) is 14.0. The predicted octanol–water partition coefficient (Wildman–Crippen LogP) is 0.691. The number of sulfonamides is 1. The highest BCUT2D eigenvalue weighted by Crippen LogP contribution is 2.16. The fraction of sp³-hybridized carbons (Fsp3) is 0.417. The van der Waals surface area contributed by atoms with E-state index in [9.17, 15) is 17.6 Å². The second-order valence-electron chi connectivity index (χ2n) is 4.56. The molecule has 19 heavy (non-hydrogen) atoms. The molecule has 1 heterocycles. The van der Waals surface area contributed by atoms with Gasteiger partial charge in [0.2, 0.25) is 15.9 Å². The molecule has 1 unspecified atom stereocenters. The average molecular weight is 286 g/mol. The monoisotopic (exact) mass is 286 g/mol. The minimum absolute atomic E-state index is 0.0539. The summed E-state index contributed by atoms with van der Waals surface area (Å²) in [5, 5.41) is 2.68. The summed E-state index contributed by atoms with van der Waals surface area (Å²) in [5.41, 5.74) is 0.350. The summed E-state index contributed by atoms with van der Waals surface area (Å²) in [4.78, 5) is 11.1. The molecule has 1 aromatic carbocycles. The molecule has 1 aliphatic rings. The van der Waals surface area contributed by atoms with Crippen molar-refractivity contribution in [1.82, 2.24) is 10.0 Å². The van der Waals surface area contributed by atoms with E-state index in [1.807, 2.05) is 0 Å². The first kappa shape index (κ1) is 14.0. The Kier molecular flexibility index (Phi) is 3.86. The lowest BCUT2D eigenvalue weighted by Crippen LogP contribution is -2.38. The van der Waals surface area contributed by atoms with E-state index in [0.29, 0.717) is 18.4 Å². The molecular weight excluding hydrogens is 271 g/mol. The molecule has 2 rings (SSSR count). The van der Waals surface area contributed by atoms with Crippen molar-refractivity contribution in [2.24, 2.45) is 0 Å². The number of halogens is 1. The third-order valence-electron chi connectivity index (χ3n) is 3.03. The Morgan fingerprint density at radius 2 is 2.21 bits per heavy atom. The Morgan fingerprint density at radius 1 is 1.47 bits per heavy atom. The largest absolute Gasteiger partial charge is 0.352 e. The van der Waals surface area contributed by atoms with E-state index in [1.54, 1.807) is 0 Å². The van der Waals surface area contributed by atoms with E-state index in [2.05, 4.69) is 10.0 Å². The van der Waals surface area contributed by atoms with E-state index in [0.717, 1.165) is 6.07 Å². The zero-order valence-electron chi connectivity index (χ0n) is 10.4. The first-order valence-electron chi connectivity index (χ1n) is 5.94. The molecule has 0 saturated carbocycles. The number of carbonyl (C=O) groups is 1. The third-order valence-corrected chi connectivity index (χ3v) is 4.62. The second kappa shape index (κ2) is 5.26. The lowest BCUT2D eigenvalue weighted by Gasteiger charge is -2.13. The summed E-state index contributed by atoms with van der Waals surface area (Å²) in [6.45, 7) is 1.68. The molecule has 1 aromatic rings. The summed E-state index contributed by atoms with van der Waals surface area (Å²) < 4.78 is 39.5. The van der Waals surface area contributed by atoms with Crippen molar-refractivity contribution in [2.45, 2.75) is 30.7 Å². The molecule has 0 bridgehead atoms. The molecule has 0 spiro atoms. The van der Waals surface area contributed by atoms with E-state index in [1.165, 1.54) is 19.1 Å². The SMILES string of the molecule is Cc1cc(F)ccc1S(=O)(=O)NCC1CCC(=O)N1. The fourth-order valence-corrected chi connectivity index (χ4v) is 3.34. The van der Waals surface area contributed by atoms with Gasteiger partial charge < -0.3 is 5.32 Å². The summed E-state index contributed by atoms with van der Waals surface area (Å²) in [6, 6.07) is 3.34. The van der Waals surface area contributed by atoms with Crippen LogP contribution in [0.25, 0.3) is 0 Å². The Labute approximate surface area is 111 Å². The minimum atomic E-state index is -3.68. The number of carbonyl (C=O) groups excluding carboxylic acids is 1. The van der Waals surface area contributed by atoms with Crippen LogP contribution in [-0.2, 0) is 14.8 Å². The standard InChI is InChI=1S/C12H15FN2O3S/c1-8-6-9(13)2-4-11(8)19(17,18)14-7-10-3-5-12(16)15-10/h2,4,6,10,14H,3,5,7H2,1H3,(H,15,16). The van der Waals surface area contributed by atoms with Gasteiger partial charge in [0.05, 0.1) is 4.90 Å². The van der Waals surface area contributed by atoms with Crippen molar-refractivity contribution in [2.75, 3.05) is 6.54 Å². The van der Waals surface area contributed by atoms with Gasteiger partial charge in [0.1, 0.15) is 5.82 Å². The number of aryl methyl sites for hydroxylation is 1. The Morgan fingerprint density at radius 3 is 2.79 bits per heavy atom. The molecule has 7 heteroatoms. The van der Waals surface area contributed by atoms with Crippen LogP contribution in [0.3, 0.4) is 0 Å². The normalized spacial score (nSPS) is 19.5. The zero-order valence-corrected chi connectivity index (χ0v) is 11.3. The van der Waals surface area contributed by atoms with Gasteiger partial charge in [0, 0.05) is 19.0 Å². The summed E-state index contributed by atoms with van der Waals surface area (Å²) >= 11 is 0. The topological polar surface area (TPSA) is 75.3 Å². The van der Waals surface area contributed by atoms with Crippen LogP contribution < -0.4 is 10.0 Å². The lowest BCUT2D eigenvalue weighted by molar-refractivity contribution is -0.119. The van der Waals surface area contributed by atoms with Gasteiger partial charge in [0.15, 0.2) is 0 Å². The molecule has 2 N–H and O–H groups in total. The summed E-state index contributed by atoms with van der Waals surface area (Å²) in [5.74, 6) is -0.540. The Hall–Kier alpha value is -1.47. The van der Waals surface area contributed by atoms with Gasteiger partial charge in [-0.05, 0) is 37.1 Å². The molecule has 0 aliphatic carbocycles. The molecular formula is C12H15FN2O3S. The highest BCUT2D eigenvalue weighted by Gasteiger charge is 2.24. The van der Waals surface area contributed by atoms with Gasteiger partial charge in [-0.15, -0.1) is 0 Å². The van der Waals surface area contributed by atoms with Crippen molar-refractivity contribution >= 4 is 15.9 Å². The van der Waals surface area contributed by atoms with Gasteiger partial charge in [-0.2, -0.15) is 0 Å². The maximum Gasteiger partial charge on any atom is 0.240 e. The van der Waals surface area contributed by atoms with Crippen LogP contribution in [0.2, 0.25) is 0 Å². The van der Waals surface area contributed by atoms with Gasteiger partial charge >= 0.3 is 0 Å². The van der Waals surface area contributed by atoms with E-state index in [4.69, 9.17) is 0 Å². The molecule has 1 aliphatic heterocycles. The second-order valence-corrected chi connectivity index (χ2v) is 6.30. The minimum Gasteiger partial charge on any atom is -0.352 e. The first-order valence-corrected chi connectivity index (χ1v) is 7.42. The number of hydrogen-bond acceptors (Lipinski definition) is 3. The Bertz CT molecular complexity index is 601. The van der Waals surface area contributed by atoms with E-state index in [-0.39, 0.29) is 23.4 Å². The molecule has 1 amide bonds. The van der Waals surface area contributed by atoms with Crippen LogP contribution in [0.4, 0.5) is 4.39 Å². The van der Waals surface area contributed by atoms with Crippen LogP contribution in [0.15, 0.2) is 23.1 Å². The maximum absolute atomic E-state index is 12.9. The number of hydrogen-bond donors (Lipinski definition) is 2. The number of nitrogens with one attached hydrogen (secondary N) is 2. The average Bonchev–Trinajstić information content (AvgIpc) is 2.72. The third kappa shape index (κ3) is 3.30. The van der Waals surface area contributed by atoms with E-state index >= 15 is 0 Å². The first-order chi connectivity index (χ1) is 8.88. The molecule has 0 aromatic heterocycles. The molecule has 1 fully saturated rings. The van der Waals surface area contributed by atoms with Crippen molar-refractivity contribution in [3.63, 3.8) is 0 Å². The number of rotatable bonds is 4. The number of benzene rings is 1. The lowest BCUT2D eigenvalue weighted by atomic mass is 10.2. The van der Waals surface area contributed by atoms with Crippen LogP contribution in [-0.4, -0.2) is 26.9 Å². The quantitative estimate of drug-likeness (QED) is 0.855. The van der Waals surface area contributed by atoms with Crippen molar-refractivity contribution in [3.8, 4) is 0 Å². The van der Waals surface area contributed by atoms with Gasteiger partial charge in [-0.25, -0.2) is 17.5 Å². The van der Waals surface area contributed by atoms with Crippen molar-refractivity contribution in [1.29, 1.82) is 0 Å². The maximum atomic E-state index is 12.9. The van der Waals surface area contributed by atoms with Crippen LogP contribution in [0.1, 0.15) is 18.4 Å². The smallest absolute Gasteiger partial charge is 0.240 e. The Balaban J connectivity index is 2.07. The summed E-state index contributed by atoms with van der Waals surface area (Å²) in [7, 11) is -3.68. The predicted molar refractivity (Wildman–Crippen MR) is 67.5 cm³/mol. The highest BCUT2D eigenvalue weighted by molar-refractivity contribution is 7.89. The van der Waals surface area contributed by atoms with E-state index < -0.39 is 15.8 Å². The molecule has 1 atom stereocenters. The van der Waals surface area contributed by atoms with Crippen LogP contribution in [0, 0.1) is 12.7 Å². The van der Waals surface area contributed by atoms with Crippen LogP contribution in [0.5, 0.6) is 0 Å². The molecule has 104 valence electrons. The van der Waals surface area contributed by atoms with Gasteiger partial charge in [-0.1, -0.05) is 0 Å². The van der Waals surface area contributed by atoms with Gasteiger partial charge in [0.25, 0.3) is 0 Å². The fourth-order valence-electron chi connectivity index (χ4n) is 2.03. The summed E-state index contributed by atoms with van der Waals surface area (Å²) in [6.07, 6.45) is 1.03.